The standard InChI is InChI=1S/C10H19N5O/c1-6(2)8(5-16)14-9-4-10(15-11)13-7(3)12-9/h4,6,8,16H,5,11H2,1-3H3,(H2,12,13,14,15). The number of nitrogen functional groups attached to an aromatic ring is 1. The first kappa shape index (κ1) is 12.7. The van der Waals surface area contributed by atoms with E-state index in [1.54, 1.807) is 13.0 Å². The van der Waals surface area contributed by atoms with E-state index in [0.717, 1.165) is 0 Å². The Bertz CT molecular complexity index is 342. The Labute approximate surface area is 95.3 Å². The lowest BCUT2D eigenvalue weighted by molar-refractivity contribution is 0.249. The summed E-state index contributed by atoms with van der Waals surface area (Å²) in [5, 5.41) is 12.4. The van der Waals surface area contributed by atoms with Gasteiger partial charge in [0.05, 0.1) is 12.6 Å². The van der Waals surface area contributed by atoms with Gasteiger partial charge in [0, 0.05) is 6.07 Å². The Balaban J connectivity index is 2.83. The van der Waals surface area contributed by atoms with Crippen molar-refractivity contribution in [3.8, 4) is 0 Å². The lowest BCUT2D eigenvalue weighted by Gasteiger charge is -2.20. The highest BCUT2D eigenvalue weighted by atomic mass is 16.3. The van der Waals surface area contributed by atoms with Crippen LogP contribution in [0.5, 0.6) is 0 Å². The van der Waals surface area contributed by atoms with Crippen molar-refractivity contribution in [3.05, 3.63) is 11.9 Å². The highest BCUT2D eigenvalue weighted by molar-refractivity contribution is 5.47. The van der Waals surface area contributed by atoms with Crippen LogP contribution in [0.15, 0.2) is 6.07 Å². The number of aliphatic hydroxyl groups is 1. The van der Waals surface area contributed by atoms with Crippen LogP contribution in [0.2, 0.25) is 0 Å². The number of aromatic nitrogens is 2. The van der Waals surface area contributed by atoms with Gasteiger partial charge in [-0.2, -0.15) is 0 Å². The average Bonchev–Trinajstić information content (AvgIpc) is 2.24. The fourth-order valence-electron chi connectivity index (χ4n) is 1.33. The first-order valence-electron chi connectivity index (χ1n) is 5.26. The molecule has 6 nitrogen and oxygen atoms in total. The van der Waals surface area contributed by atoms with Crippen LogP contribution >= 0.6 is 0 Å². The SMILES string of the molecule is Cc1nc(NN)cc(NC(CO)C(C)C)n1. The van der Waals surface area contributed by atoms with Gasteiger partial charge in [0.1, 0.15) is 17.5 Å². The molecule has 1 aromatic rings. The Hall–Kier alpha value is -1.40. The summed E-state index contributed by atoms with van der Waals surface area (Å²) < 4.78 is 0. The second-order valence-corrected chi connectivity index (χ2v) is 4.01. The van der Waals surface area contributed by atoms with Crippen molar-refractivity contribution < 1.29 is 5.11 Å². The second-order valence-electron chi connectivity index (χ2n) is 4.01. The molecule has 1 rings (SSSR count). The van der Waals surface area contributed by atoms with Crippen molar-refractivity contribution in [2.45, 2.75) is 26.8 Å². The van der Waals surface area contributed by atoms with E-state index in [1.807, 2.05) is 13.8 Å². The van der Waals surface area contributed by atoms with Gasteiger partial charge in [-0.15, -0.1) is 0 Å². The van der Waals surface area contributed by atoms with Crippen LogP contribution in [0, 0.1) is 12.8 Å². The third-order valence-electron chi connectivity index (χ3n) is 2.32. The molecule has 0 saturated heterocycles. The van der Waals surface area contributed by atoms with E-state index in [2.05, 4.69) is 20.7 Å². The number of nitrogens with zero attached hydrogens (tertiary/aromatic N) is 2. The first-order valence-corrected chi connectivity index (χ1v) is 5.26. The lowest BCUT2D eigenvalue weighted by Crippen LogP contribution is -2.30. The Morgan fingerprint density at radius 1 is 1.38 bits per heavy atom. The van der Waals surface area contributed by atoms with E-state index in [-0.39, 0.29) is 12.6 Å². The maximum Gasteiger partial charge on any atom is 0.145 e. The van der Waals surface area contributed by atoms with Crippen molar-refractivity contribution in [1.29, 1.82) is 0 Å². The van der Waals surface area contributed by atoms with E-state index in [4.69, 9.17) is 5.84 Å². The van der Waals surface area contributed by atoms with Crippen molar-refractivity contribution >= 4 is 11.6 Å². The van der Waals surface area contributed by atoms with Crippen molar-refractivity contribution in [1.82, 2.24) is 9.97 Å². The summed E-state index contributed by atoms with van der Waals surface area (Å²) in [6, 6.07) is 1.68. The van der Waals surface area contributed by atoms with Gasteiger partial charge in [0.2, 0.25) is 0 Å². The van der Waals surface area contributed by atoms with Gasteiger partial charge >= 0.3 is 0 Å². The van der Waals surface area contributed by atoms with Gasteiger partial charge in [-0.1, -0.05) is 13.8 Å². The van der Waals surface area contributed by atoms with Crippen LogP contribution < -0.4 is 16.6 Å². The molecular weight excluding hydrogens is 206 g/mol. The number of rotatable bonds is 5. The van der Waals surface area contributed by atoms with Gasteiger partial charge in [0.25, 0.3) is 0 Å². The minimum atomic E-state index is -0.0278. The van der Waals surface area contributed by atoms with E-state index in [1.165, 1.54) is 0 Å². The molecule has 0 fully saturated rings. The average molecular weight is 225 g/mol. The van der Waals surface area contributed by atoms with E-state index >= 15 is 0 Å². The topological polar surface area (TPSA) is 96.1 Å². The van der Waals surface area contributed by atoms with Crippen LogP contribution in [0.25, 0.3) is 0 Å². The summed E-state index contributed by atoms with van der Waals surface area (Å²) in [4.78, 5) is 8.30. The molecule has 1 heterocycles. The smallest absolute Gasteiger partial charge is 0.145 e. The van der Waals surface area contributed by atoms with Gasteiger partial charge in [-0.05, 0) is 12.8 Å². The second kappa shape index (κ2) is 5.62. The third kappa shape index (κ3) is 3.32. The zero-order valence-electron chi connectivity index (χ0n) is 9.86. The van der Waals surface area contributed by atoms with Crippen LogP contribution in [0.3, 0.4) is 0 Å². The molecule has 5 N–H and O–H groups in total. The largest absolute Gasteiger partial charge is 0.394 e. The molecule has 6 heteroatoms. The lowest BCUT2D eigenvalue weighted by atomic mass is 10.1. The molecular formula is C10H19N5O. The van der Waals surface area contributed by atoms with Gasteiger partial charge < -0.3 is 15.8 Å². The van der Waals surface area contributed by atoms with E-state index in [9.17, 15) is 5.11 Å². The van der Waals surface area contributed by atoms with Crippen LogP contribution in [-0.4, -0.2) is 27.7 Å². The van der Waals surface area contributed by atoms with Gasteiger partial charge in [-0.3, -0.25) is 0 Å². The molecule has 0 spiro atoms. The first-order chi connectivity index (χ1) is 7.56. The van der Waals surface area contributed by atoms with Crippen molar-refractivity contribution in [3.63, 3.8) is 0 Å². The fourth-order valence-corrected chi connectivity index (χ4v) is 1.33. The zero-order valence-corrected chi connectivity index (χ0v) is 9.86. The maximum atomic E-state index is 9.21. The third-order valence-corrected chi connectivity index (χ3v) is 2.32. The number of nitrogens with two attached hydrogens (primary N) is 1. The minimum absolute atomic E-state index is 0.0278. The zero-order chi connectivity index (χ0) is 12.1. The quantitative estimate of drug-likeness (QED) is 0.430. The molecule has 0 aromatic carbocycles. The predicted molar refractivity (Wildman–Crippen MR) is 63.9 cm³/mol. The summed E-state index contributed by atoms with van der Waals surface area (Å²) in [5.74, 6) is 7.44. The molecule has 1 unspecified atom stereocenters. The number of aryl methyl sites for hydroxylation is 1. The van der Waals surface area contributed by atoms with Gasteiger partial charge in [0.15, 0.2) is 0 Å². The summed E-state index contributed by atoms with van der Waals surface area (Å²) in [5.41, 5.74) is 2.48. The molecule has 0 bridgehead atoms. The van der Waals surface area contributed by atoms with Crippen LogP contribution in [0.1, 0.15) is 19.7 Å². The summed E-state index contributed by atoms with van der Waals surface area (Å²) >= 11 is 0. The van der Waals surface area contributed by atoms with Crippen molar-refractivity contribution in [2.24, 2.45) is 11.8 Å². The molecule has 0 aliphatic carbocycles. The fraction of sp³-hybridized carbons (Fsp3) is 0.600. The Morgan fingerprint density at radius 3 is 2.50 bits per heavy atom. The molecule has 0 amide bonds. The molecule has 0 aliphatic rings. The molecule has 16 heavy (non-hydrogen) atoms. The summed E-state index contributed by atoms with van der Waals surface area (Å²) in [6.45, 7) is 5.91. The number of aliphatic hydroxyl groups excluding tert-OH is 1. The minimum Gasteiger partial charge on any atom is -0.394 e. The maximum absolute atomic E-state index is 9.21. The highest BCUT2D eigenvalue weighted by Gasteiger charge is 2.13. The van der Waals surface area contributed by atoms with Gasteiger partial charge in [-0.25, -0.2) is 15.8 Å². The Morgan fingerprint density at radius 2 is 2.00 bits per heavy atom. The number of hydrazine groups is 1. The number of hydrogen-bond acceptors (Lipinski definition) is 6. The number of hydrogen-bond donors (Lipinski definition) is 4. The molecule has 0 aliphatic heterocycles. The summed E-state index contributed by atoms with van der Waals surface area (Å²) in [6.07, 6.45) is 0. The number of anilines is 2. The van der Waals surface area contributed by atoms with E-state index in [0.29, 0.717) is 23.4 Å². The molecule has 90 valence electrons. The molecule has 0 saturated carbocycles. The molecule has 0 radical (unpaired) electrons. The Kier molecular flexibility index (Phi) is 4.45. The van der Waals surface area contributed by atoms with Crippen molar-refractivity contribution in [2.75, 3.05) is 17.3 Å². The van der Waals surface area contributed by atoms with Crippen LogP contribution in [0.4, 0.5) is 11.6 Å². The molecule has 1 aromatic heterocycles. The monoisotopic (exact) mass is 225 g/mol. The molecule has 1 atom stereocenters. The predicted octanol–water partition coefficient (Wildman–Crippen LogP) is 0.499. The van der Waals surface area contributed by atoms with E-state index < -0.39 is 0 Å². The number of nitrogens with one attached hydrogen (secondary N) is 2. The highest BCUT2D eigenvalue weighted by Crippen LogP contribution is 2.13. The normalized spacial score (nSPS) is 12.6. The summed E-state index contributed by atoms with van der Waals surface area (Å²) in [7, 11) is 0. The van der Waals surface area contributed by atoms with Crippen LogP contribution in [-0.2, 0) is 0 Å².